The second kappa shape index (κ2) is 7.45. The standard InChI is InChI=1S/C16H17N7O.ClH/c24-16(15-12-9-18-7-3-13(12)20-21-15)19-14-4-8-23(22-14)10-11-1-5-17-6-2-11;/h1-2,4-6,8,18H,3,7,9-10H2,(H,20,21)(H,19,22,24);1H. The Kier molecular flexibility index (Phi) is 5.11. The quantitative estimate of drug-likeness (QED) is 0.653. The van der Waals surface area contributed by atoms with E-state index in [1.807, 2.05) is 18.3 Å². The van der Waals surface area contributed by atoms with Gasteiger partial charge in [-0.2, -0.15) is 10.2 Å². The summed E-state index contributed by atoms with van der Waals surface area (Å²) < 4.78 is 1.77. The van der Waals surface area contributed by atoms with Crippen molar-refractivity contribution >= 4 is 24.1 Å². The molecule has 0 saturated heterocycles. The fourth-order valence-electron chi connectivity index (χ4n) is 2.78. The lowest BCUT2D eigenvalue weighted by atomic mass is 10.1. The SMILES string of the molecule is Cl.O=C(Nc1ccn(Cc2ccncc2)n1)c1n[nH]c2c1CNCC2. The Labute approximate surface area is 150 Å². The first-order valence-electron chi connectivity index (χ1n) is 7.80. The third-order valence-corrected chi connectivity index (χ3v) is 4.00. The monoisotopic (exact) mass is 359 g/mol. The Bertz CT molecular complexity index is 859. The molecule has 0 saturated carbocycles. The van der Waals surface area contributed by atoms with Crippen molar-refractivity contribution in [3.8, 4) is 0 Å². The van der Waals surface area contributed by atoms with E-state index in [4.69, 9.17) is 0 Å². The first-order chi connectivity index (χ1) is 11.8. The van der Waals surface area contributed by atoms with E-state index in [2.05, 4.69) is 30.9 Å². The Morgan fingerprint density at radius 2 is 2.12 bits per heavy atom. The van der Waals surface area contributed by atoms with E-state index in [0.717, 1.165) is 29.8 Å². The van der Waals surface area contributed by atoms with Gasteiger partial charge in [0.2, 0.25) is 0 Å². The van der Waals surface area contributed by atoms with Gasteiger partial charge in [-0.15, -0.1) is 12.4 Å². The zero-order valence-corrected chi connectivity index (χ0v) is 14.2. The second-order valence-electron chi connectivity index (χ2n) is 5.66. The molecule has 3 N–H and O–H groups in total. The number of carbonyl (C=O) groups excluding carboxylic acids is 1. The van der Waals surface area contributed by atoms with Gasteiger partial charge in [0.15, 0.2) is 11.5 Å². The van der Waals surface area contributed by atoms with Gasteiger partial charge >= 0.3 is 0 Å². The fourth-order valence-corrected chi connectivity index (χ4v) is 2.78. The van der Waals surface area contributed by atoms with Crippen LogP contribution in [0.4, 0.5) is 5.82 Å². The summed E-state index contributed by atoms with van der Waals surface area (Å²) in [5.74, 6) is 0.264. The van der Waals surface area contributed by atoms with Crippen molar-refractivity contribution in [3.05, 3.63) is 59.3 Å². The van der Waals surface area contributed by atoms with E-state index in [-0.39, 0.29) is 18.3 Å². The maximum atomic E-state index is 12.4. The van der Waals surface area contributed by atoms with E-state index in [0.29, 0.717) is 24.6 Å². The van der Waals surface area contributed by atoms with Crippen LogP contribution in [0.3, 0.4) is 0 Å². The highest BCUT2D eigenvalue weighted by molar-refractivity contribution is 6.03. The molecule has 8 nitrogen and oxygen atoms in total. The van der Waals surface area contributed by atoms with E-state index >= 15 is 0 Å². The maximum absolute atomic E-state index is 12.4. The van der Waals surface area contributed by atoms with Crippen LogP contribution >= 0.6 is 12.4 Å². The smallest absolute Gasteiger partial charge is 0.277 e. The summed E-state index contributed by atoms with van der Waals surface area (Å²) in [6.07, 6.45) is 6.18. The summed E-state index contributed by atoms with van der Waals surface area (Å²) in [6.45, 7) is 2.18. The summed E-state index contributed by atoms with van der Waals surface area (Å²) in [4.78, 5) is 16.4. The van der Waals surface area contributed by atoms with Crippen LogP contribution in [0.25, 0.3) is 0 Å². The van der Waals surface area contributed by atoms with Gasteiger partial charge in [0, 0.05) is 55.4 Å². The van der Waals surface area contributed by atoms with Crippen molar-refractivity contribution in [3.63, 3.8) is 0 Å². The minimum Gasteiger partial charge on any atom is -0.312 e. The molecule has 0 atom stereocenters. The highest BCUT2D eigenvalue weighted by Gasteiger charge is 2.21. The molecule has 1 aliphatic rings. The second-order valence-corrected chi connectivity index (χ2v) is 5.66. The zero-order chi connectivity index (χ0) is 16.4. The first kappa shape index (κ1) is 17.1. The van der Waals surface area contributed by atoms with Crippen LogP contribution in [-0.2, 0) is 19.5 Å². The van der Waals surface area contributed by atoms with Gasteiger partial charge in [0.25, 0.3) is 5.91 Å². The highest BCUT2D eigenvalue weighted by Crippen LogP contribution is 2.16. The van der Waals surface area contributed by atoms with Crippen LogP contribution in [0, 0.1) is 0 Å². The lowest BCUT2D eigenvalue weighted by molar-refractivity contribution is 0.102. The molecule has 0 bridgehead atoms. The van der Waals surface area contributed by atoms with E-state index < -0.39 is 0 Å². The van der Waals surface area contributed by atoms with Gasteiger partial charge in [-0.25, -0.2) is 0 Å². The summed E-state index contributed by atoms with van der Waals surface area (Å²) in [7, 11) is 0. The number of anilines is 1. The molecule has 4 heterocycles. The molecule has 0 fully saturated rings. The average Bonchev–Trinajstić information content (AvgIpc) is 3.22. The molecule has 1 amide bonds. The maximum Gasteiger partial charge on any atom is 0.277 e. The van der Waals surface area contributed by atoms with E-state index in [1.54, 1.807) is 23.1 Å². The molecule has 3 aromatic heterocycles. The molecular weight excluding hydrogens is 342 g/mol. The number of fused-ring (bicyclic) bond motifs is 1. The third-order valence-electron chi connectivity index (χ3n) is 4.00. The molecule has 130 valence electrons. The number of rotatable bonds is 4. The van der Waals surface area contributed by atoms with Crippen LogP contribution in [-0.4, -0.2) is 37.4 Å². The van der Waals surface area contributed by atoms with Crippen LogP contribution in [0.2, 0.25) is 0 Å². The van der Waals surface area contributed by atoms with Gasteiger partial charge < -0.3 is 10.6 Å². The highest BCUT2D eigenvalue weighted by atomic mass is 35.5. The molecule has 0 radical (unpaired) electrons. The number of aromatic amines is 1. The molecular formula is C16H18ClN7O. The molecule has 1 aliphatic heterocycles. The Balaban J connectivity index is 0.00000182. The normalized spacial score (nSPS) is 13.0. The van der Waals surface area contributed by atoms with E-state index in [9.17, 15) is 4.79 Å². The summed E-state index contributed by atoms with van der Waals surface area (Å²) in [5.41, 5.74) is 3.50. The summed E-state index contributed by atoms with van der Waals surface area (Å²) in [5, 5.41) is 17.5. The molecule has 25 heavy (non-hydrogen) atoms. The van der Waals surface area contributed by atoms with Crippen LogP contribution in [0.15, 0.2) is 36.8 Å². The molecule has 9 heteroatoms. The molecule has 0 aliphatic carbocycles. The lowest BCUT2D eigenvalue weighted by Crippen LogP contribution is -2.25. The third kappa shape index (κ3) is 3.70. The molecule has 0 unspecified atom stereocenters. The number of pyridine rings is 1. The van der Waals surface area contributed by atoms with Crippen molar-refractivity contribution in [2.45, 2.75) is 19.5 Å². The number of H-pyrrole nitrogens is 1. The minimum atomic E-state index is -0.245. The Morgan fingerprint density at radius 1 is 1.28 bits per heavy atom. The van der Waals surface area contributed by atoms with Crippen molar-refractivity contribution < 1.29 is 4.79 Å². The van der Waals surface area contributed by atoms with Gasteiger partial charge in [-0.05, 0) is 17.7 Å². The summed E-state index contributed by atoms with van der Waals surface area (Å²) >= 11 is 0. The predicted molar refractivity (Wildman–Crippen MR) is 94.8 cm³/mol. The van der Waals surface area contributed by atoms with Gasteiger partial charge in [-0.3, -0.25) is 19.6 Å². The van der Waals surface area contributed by atoms with Crippen molar-refractivity contribution in [2.24, 2.45) is 0 Å². The van der Waals surface area contributed by atoms with Crippen molar-refractivity contribution in [1.82, 2.24) is 30.3 Å². The number of aromatic nitrogens is 5. The number of amides is 1. The minimum absolute atomic E-state index is 0. The van der Waals surface area contributed by atoms with Gasteiger partial charge in [0.1, 0.15) is 0 Å². The number of carbonyl (C=O) groups is 1. The van der Waals surface area contributed by atoms with Crippen LogP contribution < -0.4 is 10.6 Å². The average molecular weight is 360 g/mol. The number of halogens is 1. The lowest BCUT2D eigenvalue weighted by Gasteiger charge is -2.12. The van der Waals surface area contributed by atoms with E-state index in [1.165, 1.54) is 0 Å². The number of hydrogen-bond acceptors (Lipinski definition) is 5. The number of nitrogens with zero attached hydrogens (tertiary/aromatic N) is 4. The molecule has 4 rings (SSSR count). The zero-order valence-electron chi connectivity index (χ0n) is 13.4. The Hall–Kier alpha value is -2.71. The fraction of sp³-hybridized carbons (Fsp3) is 0.250. The summed E-state index contributed by atoms with van der Waals surface area (Å²) in [6, 6.07) is 5.64. The van der Waals surface area contributed by atoms with Crippen molar-refractivity contribution in [2.75, 3.05) is 11.9 Å². The molecule has 3 aromatic rings. The van der Waals surface area contributed by atoms with Crippen LogP contribution in [0.1, 0.15) is 27.3 Å². The number of nitrogens with one attached hydrogen (secondary N) is 3. The molecule has 0 spiro atoms. The van der Waals surface area contributed by atoms with Crippen molar-refractivity contribution in [1.29, 1.82) is 0 Å². The Morgan fingerprint density at radius 3 is 2.96 bits per heavy atom. The van der Waals surface area contributed by atoms with Gasteiger partial charge in [0.05, 0.1) is 6.54 Å². The van der Waals surface area contributed by atoms with Gasteiger partial charge in [-0.1, -0.05) is 0 Å². The largest absolute Gasteiger partial charge is 0.312 e. The topological polar surface area (TPSA) is 101 Å². The van der Waals surface area contributed by atoms with Crippen LogP contribution in [0.5, 0.6) is 0 Å². The first-order valence-corrected chi connectivity index (χ1v) is 7.80. The number of hydrogen-bond donors (Lipinski definition) is 3. The molecule has 0 aromatic carbocycles. The predicted octanol–water partition coefficient (Wildman–Crippen LogP) is 1.37.